The van der Waals surface area contributed by atoms with Crippen LogP contribution >= 0.6 is 23.2 Å². The molecule has 0 saturated heterocycles. The lowest BCUT2D eigenvalue weighted by molar-refractivity contribution is 0.771. The van der Waals surface area contributed by atoms with E-state index in [-0.39, 0.29) is 0 Å². The quantitative estimate of drug-likeness (QED) is 0.751. The molecule has 108 valence electrons. The van der Waals surface area contributed by atoms with Crippen molar-refractivity contribution < 1.29 is 0 Å². The Morgan fingerprint density at radius 2 is 1.90 bits per heavy atom. The number of benzene rings is 2. The van der Waals surface area contributed by atoms with Crippen LogP contribution in [0.2, 0.25) is 10.0 Å². The second kappa shape index (κ2) is 5.58. The van der Waals surface area contributed by atoms with E-state index in [0.717, 1.165) is 27.8 Å². The first kappa shape index (κ1) is 14.2. The van der Waals surface area contributed by atoms with Crippen LogP contribution in [-0.4, -0.2) is 9.78 Å². The number of halogens is 2. The number of anilines is 1. The van der Waals surface area contributed by atoms with Crippen molar-refractivity contribution >= 4 is 39.8 Å². The van der Waals surface area contributed by atoms with E-state index in [9.17, 15) is 0 Å². The van der Waals surface area contributed by atoms with Gasteiger partial charge < -0.3 is 5.32 Å². The van der Waals surface area contributed by atoms with Crippen LogP contribution in [0.15, 0.2) is 36.4 Å². The average molecular weight is 320 g/mol. The highest BCUT2D eigenvalue weighted by molar-refractivity contribution is 6.35. The van der Waals surface area contributed by atoms with Crippen molar-refractivity contribution in [2.45, 2.75) is 13.5 Å². The molecule has 3 nitrogen and oxygen atoms in total. The largest absolute Gasteiger partial charge is 0.378 e. The number of nitrogens with one attached hydrogen (secondary N) is 1. The summed E-state index contributed by atoms with van der Waals surface area (Å²) in [6, 6.07) is 11.9. The highest BCUT2D eigenvalue weighted by Crippen LogP contribution is 2.29. The lowest BCUT2D eigenvalue weighted by Gasteiger charge is -2.09. The minimum atomic E-state index is 0.598. The van der Waals surface area contributed by atoms with Gasteiger partial charge in [-0.1, -0.05) is 41.4 Å². The summed E-state index contributed by atoms with van der Waals surface area (Å²) in [5, 5.41) is 10.4. The predicted molar refractivity (Wildman–Crippen MR) is 89.2 cm³/mol. The van der Waals surface area contributed by atoms with Crippen molar-refractivity contribution in [1.29, 1.82) is 0 Å². The van der Waals surface area contributed by atoms with Gasteiger partial charge in [0, 0.05) is 17.5 Å². The highest BCUT2D eigenvalue weighted by Gasteiger charge is 2.09. The van der Waals surface area contributed by atoms with Gasteiger partial charge in [-0.3, -0.25) is 4.68 Å². The van der Waals surface area contributed by atoms with E-state index in [1.54, 1.807) is 0 Å². The first-order valence-corrected chi connectivity index (χ1v) is 7.42. The normalized spacial score (nSPS) is 11.0. The van der Waals surface area contributed by atoms with E-state index >= 15 is 0 Å². The third kappa shape index (κ3) is 2.71. The lowest BCUT2D eigenvalue weighted by Crippen LogP contribution is -2.02. The maximum absolute atomic E-state index is 6.24. The van der Waals surface area contributed by atoms with Crippen molar-refractivity contribution in [3.8, 4) is 0 Å². The molecular formula is C16H15Cl2N3. The summed E-state index contributed by atoms with van der Waals surface area (Å²) in [4.78, 5) is 0. The van der Waals surface area contributed by atoms with E-state index in [1.807, 2.05) is 42.9 Å². The van der Waals surface area contributed by atoms with E-state index in [4.69, 9.17) is 23.2 Å². The van der Waals surface area contributed by atoms with Gasteiger partial charge in [-0.05, 0) is 30.7 Å². The summed E-state index contributed by atoms with van der Waals surface area (Å²) in [6.07, 6.45) is 0. The van der Waals surface area contributed by atoms with Gasteiger partial charge in [-0.25, -0.2) is 0 Å². The molecule has 0 bridgehead atoms. The maximum Gasteiger partial charge on any atom is 0.0894 e. The van der Waals surface area contributed by atoms with Gasteiger partial charge in [-0.2, -0.15) is 5.10 Å². The minimum Gasteiger partial charge on any atom is -0.378 e. The van der Waals surface area contributed by atoms with Crippen LogP contribution in [0.1, 0.15) is 11.3 Å². The topological polar surface area (TPSA) is 29.9 Å². The van der Waals surface area contributed by atoms with Gasteiger partial charge in [0.25, 0.3) is 0 Å². The van der Waals surface area contributed by atoms with E-state index in [2.05, 4.69) is 22.5 Å². The Labute approximate surface area is 133 Å². The number of hydrogen-bond donors (Lipinski definition) is 1. The fraction of sp³-hybridized carbons (Fsp3) is 0.188. The van der Waals surface area contributed by atoms with Crippen LogP contribution in [-0.2, 0) is 13.6 Å². The van der Waals surface area contributed by atoms with Crippen LogP contribution in [0.4, 0.5) is 5.69 Å². The zero-order valence-electron chi connectivity index (χ0n) is 11.8. The van der Waals surface area contributed by atoms with Gasteiger partial charge in [0.1, 0.15) is 0 Å². The molecule has 21 heavy (non-hydrogen) atoms. The Morgan fingerprint density at radius 3 is 2.71 bits per heavy atom. The van der Waals surface area contributed by atoms with Gasteiger partial charge in [-0.15, -0.1) is 0 Å². The molecule has 1 heterocycles. The van der Waals surface area contributed by atoms with Crippen LogP contribution in [0.25, 0.3) is 10.9 Å². The zero-order valence-corrected chi connectivity index (χ0v) is 13.3. The standard InChI is InChI=1S/C16H15Cl2N3/c1-10-7-13(18)14(8-12(10)17)19-9-15-11-5-3-4-6-16(11)21(2)20-15/h3-8,19H,9H2,1-2H3. The summed E-state index contributed by atoms with van der Waals surface area (Å²) in [6.45, 7) is 2.53. The van der Waals surface area contributed by atoms with E-state index in [0.29, 0.717) is 16.6 Å². The van der Waals surface area contributed by atoms with Gasteiger partial charge in [0.05, 0.1) is 28.5 Å². The van der Waals surface area contributed by atoms with Crippen molar-refractivity contribution in [2.75, 3.05) is 5.32 Å². The highest BCUT2D eigenvalue weighted by atomic mass is 35.5. The van der Waals surface area contributed by atoms with Crippen molar-refractivity contribution in [2.24, 2.45) is 7.05 Å². The Kier molecular flexibility index (Phi) is 3.79. The molecule has 3 aromatic rings. The summed E-state index contributed by atoms with van der Waals surface area (Å²) in [7, 11) is 1.95. The van der Waals surface area contributed by atoms with Crippen LogP contribution in [0.3, 0.4) is 0 Å². The Balaban J connectivity index is 1.89. The summed E-state index contributed by atoms with van der Waals surface area (Å²) >= 11 is 12.4. The molecule has 3 rings (SSSR count). The van der Waals surface area contributed by atoms with Crippen molar-refractivity contribution in [1.82, 2.24) is 9.78 Å². The zero-order chi connectivity index (χ0) is 15.0. The van der Waals surface area contributed by atoms with Crippen molar-refractivity contribution in [3.63, 3.8) is 0 Å². The van der Waals surface area contributed by atoms with Crippen LogP contribution in [0.5, 0.6) is 0 Å². The molecule has 0 unspecified atom stereocenters. The number of aromatic nitrogens is 2. The molecule has 0 aliphatic rings. The van der Waals surface area contributed by atoms with Crippen LogP contribution in [0, 0.1) is 6.92 Å². The number of fused-ring (bicyclic) bond motifs is 1. The van der Waals surface area contributed by atoms with E-state index in [1.165, 1.54) is 0 Å². The number of rotatable bonds is 3. The fourth-order valence-electron chi connectivity index (χ4n) is 2.38. The van der Waals surface area contributed by atoms with Crippen molar-refractivity contribution in [3.05, 3.63) is 57.7 Å². The Morgan fingerprint density at radius 1 is 1.14 bits per heavy atom. The Bertz CT molecular complexity index is 809. The summed E-state index contributed by atoms with van der Waals surface area (Å²) < 4.78 is 1.88. The molecule has 0 amide bonds. The maximum atomic E-state index is 6.24. The SMILES string of the molecule is Cc1cc(Cl)c(NCc2nn(C)c3ccccc23)cc1Cl. The smallest absolute Gasteiger partial charge is 0.0894 e. The first-order valence-electron chi connectivity index (χ1n) is 6.66. The number of aryl methyl sites for hydroxylation is 2. The molecule has 0 radical (unpaired) electrons. The van der Waals surface area contributed by atoms with Crippen LogP contribution < -0.4 is 5.32 Å². The molecule has 1 N–H and O–H groups in total. The number of para-hydroxylation sites is 1. The summed E-state index contributed by atoms with van der Waals surface area (Å²) in [5.41, 5.74) is 3.89. The molecule has 2 aromatic carbocycles. The van der Waals surface area contributed by atoms with Gasteiger partial charge >= 0.3 is 0 Å². The molecular weight excluding hydrogens is 305 g/mol. The van der Waals surface area contributed by atoms with Gasteiger partial charge in [0.2, 0.25) is 0 Å². The fourth-order valence-corrected chi connectivity index (χ4v) is 2.83. The predicted octanol–water partition coefficient (Wildman–Crippen LogP) is 4.80. The average Bonchev–Trinajstić information content (AvgIpc) is 2.79. The number of nitrogens with zero attached hydrogens (tertiary/aromatic N) is 2. The first-order chi connectivity index (χ1) is 10.1. The molecule has 0 saturated carbocycles. The molecule has 0 atom stereocenters. The van der Waals surface area contributed by atoms with Gasteiger partial charge in [0.15, 0.2) is 0 Å². The molecule has 0 spiro atoms. The van der Waals surface area contributed by atoms with E-state index < -0.39 is 0 Å². The third-order valence-electron chi connectivity index (χ3n) is 3.53. The summed E-state index contributed by atoms with van der Waals surface area (Å²) in [5.74, 6) is 0. The molecule has 5 heteroatoms. The second-order valence-corrected chi connectivity index (χ2v) is 5.84. The number of hydrogen-bond acceptors (Lipinski definition) is 2. The molecule has 0 fully saturated rings. The lowest BCUT2D eigenvalue weighted by atomic mass is 10.2. The Hall–Kier alpha value is -1.71. The monoisotopic (exact) mass is 319 g/mol. The minimum absolute atomic E-state index is 0.598. The molecule has 0 aliphatic heterocycles. The molecule has 0 aliphatic carbocycles. The molecule has 1 aromatic heterocycles. The second-order valence-electron chi connectivity index (χ2n) is 5.02. The third-order valence-corrected chi connectivity index (χ3v) is 4.25.